The van der Waals surface area contributed by atoms with Crippen molar-refractivity contribution in [2.24, 2.45) is 0 Å². The van der Waals surface area contributed by atoms with Gasteiger partial charge in [0.2, 0.25) is 11.8 Å². The van der Waals surface area contributed by atoms with Crippen LogP contribution in [0.25, 0.3) is 0 Å². The van der Waals surface area contributed by atoms with Crippen LogP contribution in [0.3, 0.4) is 0 Å². The molecule has 2 amide bonds. The van der Waals surface area contributed by atoms with Gasteiger partial charge in [-0.2, -0.15) is 0 Å². The van der Waals surface area contributed by atoms with E-state index in [1.807, 2.05) is 18.7 Å². The van der Waals surface area contributed by atoms with Crippen molar-refractivity contribution in [3.8, 4) is 0 Å². The Balaban J connectivity index is 2.26. The van der Waals surface area contributed by atoms with Crippen molar-refractivity contribution in [1.82, 2.24) is 10.2 Å². The Kier molecular flexibility index (Phi) is 4.68. The van der Waals surface area contributed by atoms with E-state index in [0.29, 0.717) is 13.0 Å². The van der Waals surface area contributed by atoms with Crippen molar-refractivity contribution in [2.45, 2.75) is 70.1 Å². The number of hydrogen-bond acceptors (Lipinski definition) is 3. The van der Waals surface area contributed by atoms with Gasteiger partial charge in [-0.3, -0.25) is 9.59 Å². The Morgan fingerprint density at radius 3 is 2.60 bits per heavy atom. The fourth-order valence-corrected chi connectivity index (χ4v) is 3.41. The van der Waals surface area contributed by atoms with Crippen LogP contribution in [-0.2, 0) is 14.3 Å². The largest absolute Gasteiger partial charge is 0.380 e. The van der Waals surface area contributed by atoms with Crippen LogP contribution in [0.15, 0.2) is 0 Å². The molecule has 5 heteroatoms. The van der Waals surface area contributed by atoms with Gasteiger partial charge in [0.1, 0.15) is 11.6 Å². The maximum absolute atomic E-state index is 12.7. The first kappa shape index (κ1) is 15.3. The van der Waals surface area contributed by atoms with Gasteiger partial charge in [-0.05, 0) is 26.2 Å². The van der Waals surface area contributed by atoms with Crippen molar-refractivity contribution >= 4 is 11.8 Å². The van der Waals surface area contributed by atoms with Crippen molar-refractivity contribution in [3.05, 3.63) is 0 Å². The first-order chi connectivity index (χ1) is 9.55. The average molecular weight is 282 g/mol. The number of ether oxygens (including phenoxy) is 1. The molecular weight excluding hydrogens is 256 g/mol. The van der Waals surface area contributed by atoms with Crippen molar-refractivity contribution < 1.29 is 14.3 Å². The summed E-state index contributed by atoms with van der Waals surface area (Å²) in [5.41, 5.74) is -0.617. The molecule has 2 unspecified atom stereocenters. The highest BCUT2D eigenvalue weighted by molar-refractivity contribution is 6.00. The Hall–Kier alpha value is -1.10. The molecule has 2 rings (SSSR count). The predicted octanol–water partition coefficient (Wildman–Crippen LogP) is 1.46. The van der Waals surface area contributed by atoms with E-state index in [9.17, 15) is 9.59 Å². The molecule has 1 N–H and O–H groups in total. The van der Waals surface area contributed by atoms with Gasteiger partial charge in [0.15, 0.2) is 0 Å². The molecule has 2 fully saturated rings. The highest BCUT2D eigenvalue weighted by atomic mass is 16.5. The predicted molar refractivity (Wildman–Crippen MR) is 76.2 cm³/mol. The van der Waals surface area contributed by atoms with E-state index < -0.39 is 5.54 Å². The Morgan fingerprint density at radius 2 is 2.05 bits per heavy atom. The molecule has 2 atom stereocenters. The van der Waals surface area contributed by atoms with E-state index in [2.05, 4.69) is 5.32 Å². The van der Waals surface area contributed by atoms with Gasteiger partial charge in [0.25, 0.3) is 0 Å². The third kappa shape index (κ3) is 2.55. The van der Waals surface area contributed by atoms with Gasteiger partial charge in [-0.15, -0.1) is 0 Å². The van der Waals surface area contributed by atoms with E-state index >= 15 is 0 Å². The lowest BCUT2D eigenvalue weighted by Gasteiger charge is -2.47. The first-order valence-corrected chi connectivity index (χ1v) is 7.70. The minimum absolute atomic E-state index is 0.0383. The number of hydrogen-bond donors (Lipinski definition) is 1. The van der Waals surface area contributed by atoms with Crippen LogP contribution < -0.4 is 5.32 Å². The Labute approximate surface area is 121 Å². The highest BCUT2D eigenvalue weighted by Gasteiger charge is 2.53. The summed E-state index contributed by atoms with van der Waals surface area (Å²) < 4.78 is 5.31. The number of nitrogens with zero attached hydrogens (tertiary/aromatic N) is 1. The second-order valence-corrected chi connectivity index (χ2v) is 6.05. The van der Waals surface area contributed by atoms with E-state index in [1.165, 1.54) is 0 Å². The number of amides is 2. The second kappa shape index (κ2) is 6.12. The minimum atomic E-state index is -0.617. The van der Waals surface area contributed by atoms with Gasteiger partial charge < -0.3 is 15.0 Å². The van der Waals surface area contributed by atoms with Crippen LogP contribution in [0.2, 0.25) is 0 Å². The van der Waals surface area contributed by atoms with Gasteiger partial charge in [0, 0.05) is 13.7 Å². The van der Waals surface area contributed by atoms with Gasteiger partial charge in [0.05, 0.1) is 6.10 Å². The third-order valence-electron chi connectivity index (χ3n) is 4.66. The fourth-order valence-electron chi connectivity index (χ4n) is 3.41. The van der Waals surface area contributed by atoms with Crippen LogP contribution in [0.1, 0.15) is 52.4 Å². The summed E-state index contributed by atoms with van der Waals surface area (Å²) >= 11 is 0. The topological polar surface area (TPSA) is 58.6 Å². The van der Waals surface area contributed by atoms with Gasteiger partial charge >= 0.3 is 0 Å². The number of carbonyl (C=O) groups excluding carboxylic acids is 2. The zero-order chi connectivity index (χ0) is 14.8. The van der Waals surface area contributed by atoms with Crippen LogP contribution in [0.4, 0.5) is 0 Å². The molecule has 0 radical (unpaired) electrons. The molecule has 114 valence electrons. The van der Waals surface area contributed by atoms with Crippen LogP contribution in [-0.4, -0.2) is 48.1 Å². The van der Waals surface area contributed by atoms with E-state index in [4.69, 9.17) is 4.74 Å². The Morgan fingerprint density at radius 1 is 1.40 bits per heavy atom. The Bertz CT molecular complexity index is 377. The summed E-state index contributed by atoms with van der Waals surface area (Å²) in [5, 5.41) is 2.95. The monoisotopic (exact) mass is 282 g/mol. The molecule has 0 aromatic carbocycles. The first-order valence-electron chi connectivity index (χ1n) is 7.70. The van der Waals surface area contributed by atoms with Gasteiger partial charge in [-0.1, -0.05) is 26.2 Å². The molecule has 1 saturated heterocycles. The van der Waals surface area contributed by atoms with Crippen molar-refractivity contribution in [1.29, 1.82) is 0 Å². The molecular formula is C15H26N2O3. The van der Waals surface area contributed by atoms with Crippen LogP contribution >= 0.6 is 0 Å². The van der Waals surface area contributed by atoms with Crippen molar-refractivity contribution in [2.75, 3.05) is 13.7 Å². The van der Waals surface area contributed by atoms with Crippen LogP contribution in [0, 0.1) is 0 Å². The summed E-state index contributed by atoms with van der Waals surface area (Å²) in [5.74, 6) is 0.105. The number of piperazine rings is 1. The van der Waals surface area contributed by atoms with Crippen LogP contribution in [0.5, 0.6) is 0 Å². The lowest BCUT2D eigenvalue weighted by atomic mass is 9.88. The number of methoxy groups -OCH3 is 1. The van der Waals surface area contributed by atoms with Gasteiger partial charge in [-0.25, -0.2) is 0 Å². The molecule has 2 aliphatic rings. The summed E-state index contributed by atoms with van der Waals surface area (Å²) in [4.78, 5) is 27.1. The van der Waals surface area contributed by atoms with E-state index in [0.717, 1.165) is 32.1 Å². The molecule has 1 heterocycles. The molecule has 5 nitrogen and oxygen atoms in total. The highest BCUT2D eigenvalue weighted by Crippen LogP contribution is 2.38. The quantitative estimate of drug-likeness (QED) is 0.830. The van der Waals surface area contributed by atoms with E-state index in [-0.39, 0.29) is 24.0 Å². The fraction of sp³-hybridized carbons (Fsp3) is 0.867. The normalized spacial score (nSPS) is 26.9. The lowest BCUT2D eigenvalue weighted by Crippen LogP contribution is -2.70. The average Bonchev–Trinajstić information content (AvgIpc) is 2.92. The molecule has 0 aromatic rings. The summed E-state index contributed by atoms with van der Waals surface area (Å²) in [6, 6.07) is -0.359. The third-order valence-corrected chi connectivity index (χ3v) is 4.66. The lowest BCUT2D eigenvalue weighted by molar-refractivity contribution is -0.159. The molecule has 0 bridgehead atoms. The zero-order valence-corrected chi connectivity index (χ0v) is 12.8. The van der Waals surface area contributed by atoms with E-state index in [1.54, 1.807) is 7.11 Å². The zero-order valence-electron chi connectivity index (χ0n) is 12.8. The maximum Gasteiger partial charge on any atom is 0.246 e. The number of rotatable bonds is 5. The molecule has 1 aliphatic carbocycles. The van der Waals surface area contributed by atoms with Crippen molar-refractivity contribution in [3.63, 3.8) is 0 Å². The summed E-state index contributed by atoms with van der Waals surface area (Å²) in [7, 11) is 1.64. The smallest absolute Gasteiger partial charge is 0.246 e. The second-order valence-electron chi connectivity index (χ2n) is 6.05. The minimum Gasteiger partial charge on any atom is -0.380 e. The molecule has 0 aromatic heterocycles. The summed E-state index contributed by atoms with van der Waals surface area (Å²) in [6.45, 7) is 4.47. The molecule has 1 saturated carbocycles. The standard InChI is InChI=1S/C15H26N2O3/c1-4-7-12-13(18)17(10-11(2)20-3)15(14(19)16-12)8-5-6-9-15/h11-12H,4-10H2,1-3H3,(H,16,19). The summed E-state index contributed by atoms with van der Waals surface area (Å²) in [6.07, 6.45) is 5.12. The number of nitrogens with one attached hydrogen (secondary N) is 1. The SMILES string of the molecule is CCCC1NC(=O)C2(CCCC2)N(CC(C)OC)C1=O. The molecule has 20 heavy (non-hydrogen) atoms. The number of carbonyl (C=O) groups is 2. The molecule has 1 aliphatic heterocycles. The maximum atomic E-state index is 12.7. The molecule has 1 spiro atoms.